The van der Waals surface area contributed by atoms with Gasteiger partial charge in [0.1, 0.15) is 11.9 Å². The van der Waals surface area contributed by atoms with Crippen molar-refractivity contribution in [3.63, 3.8) is 0 Å². The fourth-order valence-corrected chi connectivity index (χ4v) is 3.27. The van der Waals surface area contributed by atoms with E-state index < -0.39 is 12.0 Å². The number of rotatable bonds is 10. The molecule has 0 saturated heterocycles. The zero-order valence-electron chi connectivity index (χ0n) is 14.7. The number of hydrogen-bond donors (Lipinski definition) is 3. The molecule has 0 radical (unpaired) electrons. The van der Waals surface area contributed by atoms with Crippen LogP contribution in [0.15, 0.2) is 29.1 Å². The SMILES string of the molecule is CCCCC(NC(=O)CCSCc1nc2ccccc2c(=O)[nH]1)C(=O)O. The number of carboxylic acid groups (broad SMARTS) is 1. The highest BCUT2D eigenvalue weighted by atomic mass is 32.2. The van der Waals surface area contributed by atoms with Crippen LogP contribution in [0.2, 0.25) is 0 Å². The molecule has 2 rings (SSSR count). The van der Waals surface area contributed by atoms with Crippen molar-refractivity contribution in [2.45, 2.75) is 44.4 Å². The van der Waals surface area contributed by atoms with Gasteiger partial charge in [-0.1, -0.05) is 31.9 Å². The normalized spacial score (nSPS) is 12.0. The topological polar surface area (TPSA) is 112 Å². The van der Waals surface area contributed by atoms with Crippen molar-refractivity contribution in [3.8, 4) is 0 Å². The zero-order chi connectivity index (χ0) is 18.9. The molecule has 3 N–H and O–H groups in total. The number of aliphatic carboxylic acids is 1. The van der Waals surface area contributed by atoms with Gasteiger partial charge in [0.2, 0.25) is 5.91 Å². The third kappa shape index (κ3) is 5.87. The molecular formula is C18H23N3O4S. The molecule has 2 aromatic rings. The fourth-order valence-electron chi connectivity index (χ4n) is 2.47. The minimum absolute atomic E-state index is 0.177. The monoisotopic (exact) mass is 377 g/mol. The Balaban J connectivity index is 1.80. The molecule has 0 aliphatic rings. The Kier molecular flexibility index (Phi) is 7.65. The zero-order valence-corrected chi connectivity index (χ0v) is 15.5. The summed E-state index contributed by atoms with van der Waals surface area (Å²) in [6, 6.07) is 6.30. The average molecular weight is 377 g/mol. The summed E-state index contributed by atoms with van der Waals surface area (Å²) in [4.78, 5) is 42.2. The number of para-hydroxylation sites is 1. The van der Waals surface area contributed by atoms with Gasteiger partial charge < -0.3 is 15.4 Å². The Morgan fingerprint density at radius 1 is 1.35 bits per heavy atom. The van der Waals surface area contributed by atoms with Crippen LogP contribution in [0.1, 0.15) is 38.4 Å². The molecule has 0 bridgehead atoms. The van der Waals surface area contributed by atoms with Gasteiger partial charge in [0.15, 0.2) is 0 Å². The molecular weight excluding hydrogens is 354 g/mol. The first-order chi connectivity index (χ1) is 12.5. The molecule has 0 aliphatic carbocycles. The molecule has 1 heterocycles. The number of aromatic amines is 1. The lowest BCUT2D eigenvalue weighted by Crippen LogP contribution is -2.40. The molecule has 1 aromatic heterocycles. The molecule has 8 heteroatoms. The van der Waals surface area contributed by atoms with Gasteiger partial charge in [-0.25, -0.2) is 9.78 Å². The highest BCUT2D eigenvalue weighted by Gasteiger charge is 2.18. The molecule has 1 unspecified atom stereocenters. The van der Waals surface area contributed by atoms with Crippen molar-refractivity contribution in [3.05, 3.63) is 40.4 Å². The summed E-state index contributed by atoms with van der Waals surface area (Å²) in [5.41, 5.74) is 0.467. The summed E-state index contributed by atoms with van der Waals surface area (Å²) in [6.07, 6.45) is 2.30. The first kappa shape index (κ1) is 20.0. The number of amides is 1. The van der Waals surface area contributed by atoms with Crippen LogP contribution in [0.25, 0.3) is 10.9 Å². The van der Waals surface area contributed by atoms with Gasteiger partial charge in [-0.15, -0.1) is 0 Å². The second-order valence-electron chi connectivity index (χ2n) is 5.93. The lowest BCUT2D eigenvalue weighted by atomic mass is 10.1. The highest BCUT2D eigenvalue weighted by molar-refractivity contribution is 7.98. The second kappa shape index (κ2) is 9.96. The summed E-state index contributed by atoms with van der Waals surface area (Å²) >= 11 is 1.46. The molecule has 26 heavy (non-hydrogen) atoms. The summed E-state index contributed by atoms with van der Waals surface area (Å²) in [5.74, 6) is 0.275. The molecule has 0 saturated carbocycles. The summed E-state index contributed by atoms with van der Waals surface area (Å²) in [5, 5.41) is 12.2. The Morgan fingerprint density at radius 2 is 2.12 bits per heavy atom. The van der Waals surface area contributed by atoms with Crippen molar-refractivity contribution < 1.29 is 14.7 Å². The molecule has 7 nitrogen and oxygen atoms in total. The van der Waals surface area contributed by atoms with E-state index in [9.17, 15) is 14.4 Å². The largest absolute Gasteiger partial charge is 0.480 e. The standard InChI is InChI=1S/C18H23N3O4S/c1-2-3-7-14(18(24)25)20-16(22)9-10-26-11-15-19-13-8-5-4-6-12(13)17(23)21-15/h4-6,8,14H,2-3,7,9-11H2,1H3,(H,20,22)(H,24,25)(H,19,21,23). The number of benzene rings is 1. The van der Waals surface area contributed by atoms with E-state index in [1.54, 1.807) is 18.2 Å². The van der Waals surface area contributed by atoms with Crippen LogP contribution in [-0.2, 0) is 15.3 Å². The Bertz CT molecular complexity index is 821. The Labute approximate surface area is 155 Å². The van der Waals surface area contributed by atoms with Gasteiger partial charge >= 0.3 is 5.97 Å². The third-order valence-corrected chi connectivity index (χ3v) is 4.82. The lowest BCUT2D eigenvalue weighted by Gasteiger charge is -2.13. The van der Waals surface area contributed by atoms with E-state index in [2.05, 4.69) is 15.3 Å². The van der Waals surface area contributed by atoms with E-state index in [1.165, 1.54) is 11.8 Å². The first-order valence-corrected chi connectivity index (χ1v) is 9.74. The maximum Gasteiger partial charge on any atom is 0.326 e. The van der Waals surface area contributed by atoms with Crippen LogP contribution in [0, 0.1) is 0 Å². The van der Waals surface area contributed by atoms with E-state index in [0.29, 0.717) is 34.7 Å². The second-order valence-corrected chi connectivity index (χ2v) is 7.04. The van der Waals surface area contributed by atoms with Crippen LogP contribution in [0.4, 0.5) is 0 Å². The number of thioether (sulfide) groups is 1. The quantitative estimate of drug-likeness (QED) is 0.548. The van der Waals surface area contributed by atoms with Gasteiger partial charge in [-0.3, -0.25) is 9.59 Å². The molecule has 0 aliphatic heterocycles. The molecule has 0 fully saturated rings. The van der Waals surface area contributed by atoms with Gasteiger partial charge in [0, 0.05) is 12.2 Å². The van der Waals surface area contributed by atoms with E-state index in [0.717, 1.165) is 12.8 Å². The number of hydrogen-bond acceptors (Lipinski definition) is 5. The van der Waals surface area contributed by atoms with Gasteiger partial charge in [-0.2, -0.15) is 11.8 Å². The molecule has 1 atom stereocenters. The van der Waals surface area contributed by atoms with Crippen molar-refractivity contribution in [1.82, 2.24) is 15.3 Å². The maximum atomic E-state index is 12.0. The van der Waals surface area contributed by atoms with E-state index in [1.807, 2.05) is 13.0 Å². The van der Waals surface area contributed by atoms with Crippen LogP contribution < -0.4 is 10.9 Å². The minimum Gasteiger partial charge on any atom is -0.480 e. The smallest absolute Gasteiger partial charge is 0.326 e. The number of aromatic nitrogens is 2. The number of carboxylic acids is 1. The van der Waals surface area contributed by atoms with E-state index in [4.69, 9.17) is 5.11 Å². The Hall–Kier alpha value is -2.35. The summed E-state index contributed by atoms with van der Waals surface area (Å²) < 4.78 is 0. The summed E-state index contributed by atoms with van der Waals surface area (Å²) in [7, 11) is 0. The molecule has 0 spiro atoms. The molecule has 1 aromatic carbocycles. The van der Waals surface area contributed by atoms with Gasteiger partial charge in [0.25, 0.3) is 5.56 Å². The van der Waals surface area contributed by atoms with Crippen molar-refractivity contribution in [2.75, 3.05) is 5.75 Å². The van der Waals surface area contributed by atoms with Crippen molar-refractivity contribution in [1.29, 1.82) is 0 Å². The Morgan fingerprint density at radius 3 is 2.85 bits per heavy atom. The number of fused-ring (bicyclic) bond motifs is 1. The predicted octanol–water partition coefficient (Wildman–Crippen LogP) is 2.31. The van der Waals surface area contributed by atoms with E-state index >= 15 is 0 Å². The average Bonchev–Trinajstić information content (AvgIpc) is 2.62. The fraction of sp³-hybridized carbons (Fsp3) is 0.444. The third-order valence-electron chi connectivity index (χ3n) is 3.85. The van der Waals surface area contributed by atoms with Gasteiger partial charge in [-0.05, 0) is 18.6 Å². The number of carbonyl (C=O) groups is 2. The van der Waals surface area contributed by atoms with Crippen LogP contribution in [0.5, 0.6) is 0 Å². The van der Waals surface area contributed by atoms with Crippen molar-refractivity contribution >= 4 is 34.5 Å². The number of unbranched alkanes of at least 4 members (excludes halogenated alkanes) is 1. The lowest BCUT2D eigenvalue weighted by molar-refractivity contribution is -0.142. The molecule has 140 valence electrons. The highest BCUT2D eigenvalue weighted by Crippen LogP contribution is 2.12. The maximum absolute atomic E-state index is 12.0. The van der Waals surface area contributed by atoms with E-state index in [-0.39, 0.29) is 17.9 Å². The summed E-state index contributed by atoms with van der Waals surface area (Å²) in [6.45, 7) is 1.97. The number of nitrogens with zero attached hydrogens (tertiary/aromatic N) is 1. The van der Waals surface area contributed by atoms with Gasteiger partial charge in [0.05, 0.1) is 16.7 Å². The number of carbonyl (C=O) groups excluding carboxylic acids is 1. The van der Waals surface area contributed by atoms with Crippen LogP contribution in [-0.4, -0.2) is 38.7 Å². The minimum atomic E-state index is -1.00. The number of H-pyrrole nitrogens is 1. The van der Waals surface area contributed by atoms with Crippen LogP contribution in [0.3, 0.4) is 0 Å². The first-order valence-electron chi connectivity index (χ1n) is 8.59. The predicted molar refractivity (Wildman–Crippen MR) is 102 cm³/mol. The molecule has 1 amide bonds. The number of nitrogens with one attached hydrogen (secondary N) is 2. The van der Waals surface area contributed by atoms with Crippen LogP contribution >= 0.6 is 11.8 Å². The van der Waals surface area contributed by atoms with Crippen molar-refractivity contribution in [2.24, 2.45) is 0 Å².